The summed E-state index contributed by atoms with van der Waals surface area (Å²) in [7, 11) is 1.51. The Morgan fingerprint density at radius 2 is 1.81 bits per heavy atom. The highest BCUT2D eigenvalue weighted by Crippen LogP contribution is 2.12. The molecule has 16 heavy (non-hydrogen) atoms. The first kappa shape index (κ1) is 12.0. The number of carbonyl (C=O) groups is 2. The molecule has 0 amide bonds. The summed E-state index contributed by atoms with van der Waals surface area (Å²) in [6, 6.07) is 6.22. The van der Waals surface area contributed by atoms with Gasteiger partial charge in [0, 0.05) is 0 Å². The van der Waals surface area contributed by atoms with E-state index in [1.54, 1.807) is 12.1 Å². The lowest BCUT2D eigenvalue weighted by Gasteiger charge is -2.08. The number of carboxylic acids is 1. The van der Waals surface area contributed by atoms with Gasteiger partial charge >= 0.3 is 11.9 Å². The molecule has 1 rings (SSSR count). The normalized spacial score (nSPS) is 11.6. The van der Waals surface area contributed by atoms with Crippen molar-refractivity contribution in [2.24, 2.45) is 0 Å². The predicted molar refractivity (Wildman–Crippen MR) is 55.5 cm³/mol. The lowest BCUT2D eigenvalue weighted by molar-refractivity contribution is -0.146. The molecule has 1 aromatic rings. The van der Waals surface area contributed by atoms with Crippen molar-refractivity contribution in [3.05, 3.63) is 29.8 Å². The van der Waals surface area contributed by atoms with Gasteiger partial charge in [-0.25, -0.2) is 9.59 Å². The van der Waals surface area contributed by atoms with Gasteiger partial charge in [0.2, 0.25) is 0 Å². The van der Waals surface area contributed by atoms with Crippen molar-refractivity contribution >= 4 is 11.9 Å². The lowest BCUT2D eigenvalue weighted by Crippen LogP contribution is -2.23. The SMILES string of the molecule is COc1ccc(C(=O)O[C@@H](C)C(=O)O)cc1. The molecular formula is C11H12O5. The van der Waals surface area contributed by atoms with Gasteiger partial charge in [0.15, 0.2) is 6.10 Å². The van der Waals surface area contributed by atoms with Crippen LogP contribution in [0.2, 0.25) is 0 Å². The van der Waals surface area contributed by atoms with Crippen LogP contribution in [0.3, 0.4) is 0 Å². The molecule has 0 fully saturated rings. The Morgan fingerprint density at radius 1 is 1.25 bits per heavy atom. The molecule has 0 aromatic heterocycles. The van der Waals surface area contributed by atoms with E-state index in [1.807, 2.05) is 0 Å². The summed E-state index contributed by atoms with van der Waals surface area (Å²) in [5.41, 5.74) is 0.286. The van der Waals surface area contributed by atoms with E-state index in [4.69, 9.17) is 14.6 Å². The van der Waals surface area contributed by atoms with Crippen molar-refractivity contribution in [3.63, 3.8) is 0 Å². The van der Waals surface area contributed by atoms with Crippen LogP contribution in [0.1, 0.15) is 17.3 Å². The van der Waals surface area contributed by atoms with Gasteiger partial charge in [0.05, 0.1) is 12.7 Å². The first-order valence-corrected chi connectivity index (χ1v) is 4.62. The maximum absolute atomic E-state index is 11.4. The van der Waals surface area contributed by atoms with Crippen molar-refractivity contribution in [1.29, 1.82) is 0 Å². The standard InChI is InChI=1S/C11H12O5/c1-7(10(12)13)16-11(14)8-3-5-9(15-2)6-4-8/h3-7H,1-2H3,(H,12,13)/t7-/m0/s1. The second-order valence-electron chi connectivity index (χ2n) is 3.11. The lowest BCUT2D eigenvalue weighted by atomic mass is 10.2. The Bertz CT molecular complexity index is 382. The third kappa shape index (κ3) is 2.98. The number of hydrogen-bond acceptors (Lipinski definition) is 4. The maximum Gasteiger partial charge on any atom is 0.344 e. The smallest absolute Gasteiger partial charge is 0.344 e. The molecule has 5 nitrogen and oxygen atoms in total. The van der Waals surface area contributed by atoms with Gasteiger partial charge < -0.3 is 14.6 Å². The number of benzene rings is 1. The molecule has 0 bridgehead atoms. The van der Waals surface area contributed by atoms with Crippen molar-refractivity contribution in [3.8, 4) is 5.75 Å². The van der Waals surface area contributed by atoms with E-state index in [2.05, 4.69) is 0 Å². The number of aliphatic carboxylic acids is 1. The first-order valence-electron chi connectivity index (χ1n) is 4.62. The van der Waals surface area contributed by atoms with Crippen LogP contribution in [0.15, 0.2) is 24.3 Å². The summed E-state index contributed by atoms with van der Waals surface area (Å²) in [5, 5.41) is 8.56. The molecule has 0 unspecified atom stereocenters. The summed E-state index contributed by atoms with van der Waals surface area (Å²) < 4.78 is 9.61. The highest BCUT2D eigenvalue weighted by atomic mass is 16.6. The van der Waals surface area contributed by atoms with Gasteiger partial charge in [0.1, 0.15) is 5.75 Å². The minimum Gasteiger partial charge on any atom is -0.497 e. The van der Waals surface area contributed by atoms with Crippen molar-refractivity contribution in [2.75, 3.05) is 7.11 Å². The minimum atomic E-state index is -1.18. The average Bonchev–Trinajstić information content (AvgIpc) is 2.28. The van der Waals surface area contributed by atoms with Crippen LogP contribution >= 0.6 is 0 Å². The predicted octanol–water partition coefficient (Wildman–Crippen LogP) is 1.33. The molecule has 1 aromatic carbocycles. The second-order valence-corrected chi connectivity index (χ2v) is 3.11. The van der Waals surface area contributed by atoms with Gasteiger partial charge in [-0.3, -0.25) is 0 Å². The van der Waals surface area contributed by atoms with E-state index in [9.17, 15) is 9.59 Å². The zero-order chi connectivity index (χ0) is 12.1. The summed E-state index contributed by atoms with van der Waals surface area (Å²) in [6.45, 7) is 1.30. The van der Waals surface area contributed by atoms with E-state index in [-0.39, 0.29) is 5.56 Å². The summed E-state index contributed by atoms with van der Waals surface area (Å²) in [5.74, 6) is -1.23. The molecule has 0 heterocycles. The minimum absolute atomic E-state index is 0.286. The van der Waals surface area contributed by atoms with Crippen LogP contribution in [0, 0.1) is 0 Å². The summed E-state index contributed by atoms with van der Waals surface area (Å²) in [4.78, 5) is 21.9. The van der Waals surface area contributed by atoms with Crippen LogP contribution in [0.25, 0.3) is 0 Å². The number of rotatable bonds is 4. The fraction of sp³-hybridized carbons (Fsp3) is 0.273. The molecule has 1 N–H and O–H groups in total. The molecule has 0 radical (unpaired) electrons. The van der Waals surface area contributed by atoms with E-state index in [1.165, 1.54) is 26.2 Å². The number of carboxylic acid groups (broad SMARTS) is 1. The molecule has 0 aliphatic carbocycles. The molecular weight excluding hydrogens is 212 g/mol. The molecule has 0 saturated carbocycles. The quantitative estimate of drug-likeness (QED) is 0.781. The van der Waals surface area contributed by atoms with Crippen LogP contribution in [0.5, 0.6) is 5.75 Å². The fourth-order valence-corrected chi connectivity index (χ4v) is 1.01. The molecule has 86 valence electrons. The fourth-order valence-electron chi connectivity index (χ4n) is 1.01. The molecule has 0 spiro atoms. The highest BCUT2D eigenvalue weighted by molar-refractivity contribution is 5.91. The third-order valence-corrected chi connectivity index (χ3v) is 1.96. The largest absolute Gasteiger partial charge is 0.497 e. The Balaban J connectivity index is 2.69. The zero-order valence-electron chi connectivity index (χ0n) is 8.97. The zero-order valence-corrected chi connectivity index (χ0v) is 8.97. The molecule has 0 aliphatic heterocycles. The monoisotopic (exact) mass is 224 g/mol. The van der Waals surface area contributed by atoms with E-state index < -0.39 is 18.0 Å². The van der Waals surface area contributed by atoms with Crippen LogP contribution in [-0.2, 0) is 9.53 Å². The van der Waals surface area contributed by atoms with Gasteiger partial charge in [-0.15, -0.1) is 0 Å². The Hall–Kier alpha value is -2.04. The van der Waals surface area contributed by atoms with Crippen LogP contribution < -0.4 is 4.74 Å². The number of ether oxygens (including phenoxy) is 2. The van der Waals surface area contributed by atoms with Gasteiger partial charge in [0.25, 0.3) is 0 Å². The van der Waals surface area contributed by atoms with E-state index in [0.29, 0.717) is 5.75 Å². The Labute approximate surface area is 92.6 Å². The van der Waals surface area contributed by atoms with Crippen molar-refractivity contribution in [1.82, 2.24) is 0 Å². The average molecular weight is 224 g/mol. The van der Waals surface area contributed by atoms with Crippen molar-refractivity contribution in [2.45, 2.75) is 13.0 Å². The number of esters is 1. The molecule has 5 heteroatoms. The summed E-state index contributed by atoms with van der Waals surface area (Å²) in [6.07, 6.45) is -1.16. The van der Waals surface area contributed by atoms with Crippen LogP contribution in [0.4, 0.5) is 0 Å². The van der Waals surface area contributed by atoms with Crippen molar-refractivity contribution < 1.29 is 24.2 Å². The Kier molecular flexibility index (Phi) is 3.88. The van der Waals surface area contributed by atoms with Gasteiger partial charge in [-0.05, 0) is 31.2 Å². The first-order chi connectivity index (χ1) is 7.54. The molecule has 1 atom stereocenters. The number of methoxy groups -OCH3 is 1. The maximum atomic E-state index is 11.4. The number of carbonyl (C=O) groups excluding carboxylic acids is 1. The Morgan fingerprint density at radius 3 is 2.25 bits per heavy atom. The molecule has 0 saturated heterocycles. The second kappa shape index (κ2) is 5.16. The third-order valence-electron chi connectivity index (χ3n) is 1.96. The van der Waals surface area contributed by atoms with E-state index in [0.717, 1.165) is 0 Å². The van der Waals surface area contributed by atoms with Gasteiger partial charge in [-0.2, -0.15) is 0 Å². The van der Waals surface area contributed by atoms with Crippen LogP contribution in [-0.4, -0.2) is 30.3 Å². The van der Waals surface area contributed by atoms with Gasteiger partial charge in [-0.1, -0.05) is 0 Å². The topological polar surface area (TPSA) is 72.8 Å². The highest BCUT2D eigenvalue weighted by Gasteiger charge is 2.17. The van der Waals surface area contributed by atoms with E-state index >= 15 is 0 Å². The summed E-state index contributed by atoms with van der Waals surface area (Å²) >= 11 is 0. The number of hydrogen-bond donors (Lipinski definition) is 1. The molecule has 0 aliphatic rings.